The maximum absolute atomic E-state index is 14.0. The standard InChI is InChI=1S/C24H24Cl2FNO2/c1-3-29-23-13-17(14-28-16(2)18-8-5-4-6-9-18)12-21(26)24(23)30-15-19-20(25)10-7-11-22(19)27/h4-13,16,28H,3,14-15H2,1-2H3/t16-/m0/s1. The fourth-order valence-corrected chi connectivity index (χ4v) is 3.58. The zero-order valence-corrected chi connectivity index (χ0v) is 18.4. The molecule has 0 aliphatic heterocycles. The molecule has 3 nitrogen and oxygen atoms in total. The van der Waals surface area contributed by atoms with E-state index in [-0.39, 0.29) is 18.2 Å². The summed E-state index contributed by atoms with van der Waals surface area (Å²) in [5.41, 5.74) is 2.44. The molecule has 0 saturated carbocycles. The Bertz CT molecular complexity index is 962. The molecular weight excluding hydrogens is 424 g/mol. The van der Waals surface area contributed by atoms with E-state index in [1.807, 2.05) is 37.3 Å². The van der Waals surface area contributed by atoms with Gasteiger partial charge < -0.3 is 14.8 Å². The maximum Gasteiger partial charge on any atom is 0.180 e. The van der Waals surface area contributed by atoms with Crippen molar-refractivity contribution < 1.29 is 13.9 Å². The van der Waals surface area contributed by atoms with Gasteiger partial charge in [-0.05, 0) is 49.2 Å². The topological polar surface area (TPSA) is 30.5 Å². The van der Waals surface area contributed by atoms with Crippen molar-refractivity contribution in [2.24, 2.45) is 0 Å². The monoisotopic (exact) mass is 447 g/mol. The molecule has 158 valence electrons. The van der Waals surface area contributed by atoms with Crippen LogP contribution in [0.5, 0.6) is 11.5 Å². The Morgan fingerprint density at radius 1 is 0.967 bits per heavy atom. The minimum absolute atomic E-state index is 0.0477. The second kappa shape index (κ2) is 10.7. The third-order valence-electron chi connectivity index (χ3n) is 4.70. The first kappa shape index (κ1) is 22.4. The molecule has 1 atom stereocenters. The van der Waals surface area contributed by atoms with Gasteiger partial charge in [0.2, 0.25) is 0 Å². The summed E-state index contributed by atoms with van der Waals surface area (Å²) in [6, 6.07) is 18.6. The maximum atomic E-state index is 14.0. The number of benzene rings is 3. The Morgan fingerprint density at radius 3 is 2.43 bits per heavy atom. The zero-order valence-electron chi connectivity index (χ0n) is 16.9. The van der Waals surface area contributed by atoms with Gasteiger partial charge >= 0.3 is 0 Å². The number of hydrogen-bond donors (Lipinski definition) is 1. The summed E-state index contributed by atoms with van der Waals surface area (Å²) in [4.78, 5) is 0. The molecule has 3 rings (SSSR count). The van der Waals surface area contributed by atoms with Crippen LogP contribution >= 0.6 is 23.2 Å². The first-order chi connectivity index (χ1) is 14.5. The third-order valence-corrected chi connectivity index (χ3v) is 5.34. The third kappa shape index (κ3) is 5.66. The van der Waals surface area contributed by atoms with E-state index < -0.39 is 5.82 Å². The van der Waals surface area contributed by atoms with Crippen molar-refractivity contribution in [3.8, 4) is 11.5 Å². The lowest BCUT2D eigenvalue weighted by Crippen LogP contribution is -2.18. The van der Waals surface area contributed by atoms with Crippen molar-refractivity contribution in [1.29, 1.82) is 0 Å². The molecule has 30 heavy (non-hydrogen) atoms. The quantitative estimate of drug-likeness (QED) is 0.384. The van der Waals surface area contributed by atoms with Crippen molar-refractivity contribution in [1.82, 2.24) is 5.32 Å². The fourth-order valence-electron chi connectivity index (χ4n) is 3.07. The Hall–Kier alpha value is -2.27. The molecule has 1 N–H and O–H groups in total. The van der Waals surface area contributed by atoms with Gasteiger partial charge in [-0.15, -0.1) is 0 Å². The number of nitrogens with one attached hydrogen (secondary N) is 1. The minimum Gasteiger partial charge on any atom is -0.490 e. The van der Waals surface area contributed by atoms with Crippen LogP contribution in [0.15, 0.2) is 60.7 Å². The van der Waals surface area contributed by atoms with Crippen LogP contribution in [0.3, 0.4) is 0 Å². The molecule has 0 saturated heterocycles. The van der Waals surface area contributed by atoms with Gasteiger partial charge in [0.15, 0.2) is 11.5 Å². The molecular formula is C24H24Cl2FNO2. The van der Waals surface area contributed by atoms with Gasteiger partial charge in [0.1, 0.15) is 12.4 Å². The molecule has 0 amide bonds. The molecule has 0 bridgehead atoms. The molecule has 0 radical (unpaired) electrons. The van der Waals surface area contributed by atoms with E-state index in [1.54, 1.807) is 12.1 Å². The van der Waals surface area contributed by atoms with Crippen LogP contribution in [-0.4, -0.2) is 6.61 Å². The minimum atomic E-state index is -0.424. The summed E-state index contributed by atoms with van der Waals surface area (Å²) in [6.07, 6.45) is 0. The van der Waals surface area contributed by atoms with E-state index in [0.29, 0.717) is 34.7 Å². The second-order valence-corrected chi connectivity index (χ2v) is 7.65. The van der Waals surface area contributed by atoms with Gasteiger partial charge in [0, 0.05) is 18.2 Å². The second-order valence-electron chi connectivity index (χ2n) is 6.84. The fraction of sp³-hybridized carbons (Fsp3) is 0.250. The van der Waals surface area contributed by atoms with E-state index in [4.69, 9.17) is 32.7 Å². The van der Waals surface area contributed by atoms with E-state index in [0.717, 1.165) is 5.56 Å². The lowest BCUT2D eigenvalue weighted by atomic mass is 10.1. The summed E-state index contributed by atoms with van der Waals surface area (Å²) < 4.78 is 25.6. The first-order valence-electron chi connectivity index (χ1n) is 9.78. The lowest BCUT2D eigenvalue weighted by molar-refractivity contribution is 0.266. The molecule has 3 aromatic carbocycles. The van der Waals surface area contributed by atoms with E-state index in [2.05, 4.69) is 24.4 Å². The van der Waals surface area contributed by atoms with E-state index >= 15 is 0 Å². The molecule has 0 heterocycles. The van der Waals surface area contributed by atoms with Crippen LogP contribution in [0.4, 0.5) is 4.39 Å². The predicted octanol–water partition coefficient (Wildman–Crippen LogP) is 6.96. The summed E-state index contributed by atoms with van der Waals surface area (Å²) in [5.74, 6) is 0.464. The van der Waals surface area contributed by atoms with Crippen LogP contribution < -0.4 is 14.8 Å². The first-order valence-corrected chi connectivity index (χ1v) is 10.5. The summed E-state index contributed by atoms with van der Waals surface area (Å²) >= 11 is 12.6. The Balaban J connectivity index is 1.75. The molecule has 0 unspecified atom stereocenters. The summed E-state index contributed by atoms with van der Waals surface area (Å²) in [7, 11) is 0. The van der Waals surface area contributed by atoms with Crippen molar-refractivity contribution in [2.45, 2.75) is 33.0 Å². The highest BCUT2D eigenvalue weighted by Crippen LogP contribution is 2.38. The summed E-state index contributed by atoms with van der Waals surface area (Å²) in [5, 5.41) is 4.19. The Kier molecular flexibility index (Phi) is 7.97. The van der Waals surface area contributed by atoms with Crippen molar-refractivity contribution in [2.75, 3.05) is 6.61 Å². The molecule has 6 heteroatoms. The lowest BCUT2D eigenvalue weighted by Gasteiger charge is -2.18. The molecule has 3 aromatic rings. The Labute approximate surface area is 186 Å². The largest absolute Gasteiger partial charge is 0.490 e. The van der Waals surface area contributed by atoms with Crippen LogP contribution in [0.2, 0.25) is 10.0 Å². The van der Waals surface area contributed by atoms with Crippen molar-refractivity contribution in [3.63, 3.8) is 0 Å². The van der Waals surface area contributed by atoms with Gasteiger partial charge in [-0.3, -0.25) is 0 Å². The number of ether oxygens (including phenoxy) is 2. The molecule has 0 aliphatic rings. The average Bonchev–Trinajstić information content (AvgIpc) is 2.74. The van der Waals surface area contributed by atoms with Gasteiger partial charge in [-0.2, -0.15) is 0 Å². The molecule has 0 spiro atoms. The molecule has 0 aliphatic carbocycles. The highest BCUT2D eigenvalue weighted by molar-refractivity contribution is 6.32. The number of hydrogen-bond acceptors (Lipinski definition) is 3. The van der Waals surface area contributed by atoms with E-state index in [9.17, 15) is 4.39 Å². The van der Waals surface area contributed by atoms with Crippen LogP contribution in [0.25, 0.3) is 0 Å². The number of rotatable bonds is 9. The average molecular weight is 448 g/mol. The zero-order chi connectivity index (χ0) is 21.5. The van der Waals surface area contributed by atoms with E-state index in [1.165, 1.54) is 11.6 Å². The highest BCUT2D eigenvalue weighted by atomic mass is 35.5. The van der Waals surface area contributed by atoms with Crippen LogP contribution in [0.1, 0.15) is 36.6 Å². The van der Waals surface area contributed by atoms with Crippen molar-refractivity contribution >= 4 is 23.2 Å². The highest BCUT2D eigenvalue weighted by Gasteiger charge is 2.16. The molecule has 0 aromatic heterocycles. The SMILES string of the molecule is CCOc1cc(CN[C@@H](C)c2ccccc2)cc(Cl)c1OCc1c(F)cccc1Cl. The van der Waals surface area contributed by atoms with Gasteiger partial charge in [0.05, 0.1) is 16.7 Å². The number of halogens is 3. The van der Waals surface area contributed by atoms with Crippen LogP contribution in [-0.2, 0) is 13.2 Å². The normalized spacial score (nSPS) is 11.9. The smallest absolute Gasteiger partial charge is 0.180 e. The predicted molar refractivity (Wildman–Crippen MR) is 120 cm³/mol. The van der Waals surface area contributed by atoms with Gasteiger partial charge in [0.25, 0.3) is 0 Å². The van der Waals surface area contributed by atoms with Gasteiger partial charge in [-0.25, -0.2) is 4.39 Å². The summed E-state index contributed by atoms with van der Waals surface area (Å²) in [6.45, 7) is 5.00. The van der Waals surface area contributed by atoms with Crippen LogP contribution in [0, 0.1) is 5.82 Å². The Morgan fingerprint density at radius 2 is 1.73 bits per heavy atom. The van der Waals surface area contributed by atoms with Gasteiger partial charge in [-0.1, -0.05) is 59.6 Å². The molecule has 0 fully saturated rings. The van der Waals surface area contributed by atoms with Crippen molar-refractivity contribution in [3.05, 3.63) is 93.2 Å².